The second kappa shape index (κ2) is 11.4. The van der Waals surface area contributed by atoms with Crippen LogP contribution in [0.1, 0.15) is 47.4 Å². The van der Waals surface area contributed by atoms with Gasteiger partial charge in [-0.05, 0) is 55.7 Å². The number of hydrogen-bond donors (Lipinski definition) is 1. The van der Waals surface area contributed by atoms with Crippen molar-refractivity contribution in [2.75, 3.05) is 25.0 Å². The third-order valence-corrected chi connectivity index (χ3v) is 9.40. The highest BCUT2D eigenvalue weighted by Crippen LogP contribution is 2.37. The van der Waals surface area contributed by atoms with E-state index in [-0.39, 0.29) is 17.5 Å². The van der Waals surface area contributed by atoms with Crippen LogP contribution >= 0.6 is 11.3 Å². The molecule has 44 heavy (non-hydrogen) atoms. The molecular formula is C32H30FN9OS. The monoisotopic (exact) mass is 607 g/mol. The molecule has 1 aliphatic carbocycles. The van der Waals surface area contributed by atoms with Crippen molar-refractivity contribution in [3.63, 3.8) is 0 Å². The van der Waals surface area contributed by atoms with Crippen LogP contribution in [0.25, 0.3) is 28.0 Å². The number of nitriles is 1. The molecule has 2 fully saturated rings. The zero-order chi connectivity index (χ0) is 30.4. The molecule has 0 spiro atoms. The number of nitrogens with one attached hydrogen (secondary N) is 1. The van der Waals surface area contributed by atoms with E-state index in [1.54, 1.807) is 29.4 Å². The number of amides is 1. The molecule has 12 heteroatoms. The van der Waals surface area contributed by atoms with Gasteiger partial charge in [0.1, 0.15) is 33.9 Å². The van der Waals surface area contributed by atoms with E-state index in [0.29, 0.717) is 52.9 Å². The molecule has 1 N–H and O–H groups in total. The first-order valence-electron chi connectivity index (χ1n) is 14.7. The highest BCUT2D eigenvalue weighted by Gasteiger charge is 2.34. The lowest BCUT2D eigenvalue weighted by Crippen LogP contribution is -2.62. The van der Waals surface area contributed by atoms with Gasteiger partial charge in [-0.15, -0.1) is 0 Å². The summed E-state index contributed by atoms with van der Waals surface area (Å²) >= 11 is 1.27. The van der Waals surface area contributed by atoms with Gasteiger partial charge < -0.3 is 15.1 Å². The smallest absolute Gasteiger partial charge is 0.291 e. The zero-order valence-electron chi connectivity index (χ0n) is 24.4. The highest BCUT2D eigenvalue weighted by atomic mass is 32.1. The van der Waals surface area contributed by atoms with Crippen molar-refractivity contribution in [1.29, 1.82) is 5.26 Å². The van der Waals surface area contributed by atoms with Crippen molar-refractivity contribution in [3.05, 3.63) is 77.2 Å². The Labute approximate surface area is 257 Å². The van der Waals surface area contributed by atoms with Gasteiger partial charge >= 0.3 is 0 Å². The Kier molecular flexibility index (Phi) is 7.27. The molecule has 0 bridgehead atoms. The lowest BCUT2D eigenvalue weighted by molar-refractivity contribution is 0.0521. The third-order valence-electron chi connectivity index (χ3n) is 8.36. The van der Waals surface area contributed by atoms with Crippen LogP contribution in [-0.4, -0.2) is 67.4 Å². The minimum absolute atomic E-state index is 0.148. The van der Waals surface area contributed by atoms with Crippen LogP contribution < -0.4 is 10.2 Å². The van der Waals surface area contributed by atoms with Crippen molar-refractivity contribution >= 4 is 33.8 Å². The fraction of sp³-hybridized carbons (Fsp3) is 0.312. The molecule has 222 valence electrons. The Morgan fingerprint density at radius 3 is 2.45 bits per heavy atom. The van der Waals surface area contributed by atoms with Gasteiger partial charge in [-0.1, -0.05) is 24.7 Å². The number of benzene rings is 1. The minimum Gasteiger partial charge on any atom is -0.333 e. The summed E-state index contributed by atoms with van der Waals surface area (Å²) in [5.74, 6) is 0.526. The van der Waals surface area contributed by atoms with Gasteiger partial charge in [-0.3, -0.25) is 9.20 Å². The minimum atomic E-state index is -0.345. The Morgan fingerprint density at radius 2 is 1.80 bits per heavy atom. The highest BCUT2D eigenvalue weighted by molar-refractivity contribution is 7.16. The number of fused-ring (bicyclic) bond motifs is 1. The predicted molar refractivity (Wildman–Crippen MR) is 166 cm³/mol. The fourth-order valence-corrected chi connectivity index (χ4v) is 6.50. The Bertz CT molecular complexity index is 1880. The van der Waals surface area contributed by atoms with E-state index < -0.39 is 0 Å². The number of pyridine rings is 1. The molecule has 0 unspecified atom stereocenters. The first-order valence-corrected chi connectivity index (χ1v) is 15.5. The summed E-state index contributed by atoms with van der Waals surface area (Å²) < 4.78 is 15.5. The largest absolute Gasteiger partial charge is 0.333 e. The Balaban J connectivity index is 1.14. The normalized spacial score (nSPS) is 15.2. The summed E-state index contributed by atoms with van der Waals surface area (Å²) in [6.45, 7) is 3.42. The number of halogens is 1. The van der Waals surface area contributed by atoms with Gasteiger partial charge in [0.25, 0.3) is 5.91 Å². The number of thiazole rings is 1. The number of imidazole rings is 1. The molecule has 1 saturated heterocycles. The topological polar surface area (TPSA) is 115 Å². The van der Waals surface area contributed by atoms with Gasteiger partial charge in [-0.25, -0.2) is 24.3 Å². The molecule has 4 aromatic heterocycles. The SMILES string of the molecule is CCc1nc2ccc(-c3cnc(C(=O)N4CC(NC5CCC5)C4)nc3)cn2c1N(C)c1nc(-c2ccc(F)cc2)c(C#N)s1. The average molecular weight is 608 g/mol. The summed E-state index contributed by atoms with van der Waals surface area (Å²) in [5.41, 5.74) is 4.47. The summed E-state index contributed by atoms with van der Waals surface area (Å²) in [6, 6.07) is 13.1. The lowest BCUT2D eigenvalue weighted by atomic mass is 9.91. The van der Waals surface area contributed by atoms with Crippen LogP contribution in [0.2, 0.25) is 0 Å². The molecular weight excluding hydrogens is 577 g/mol. The number of likely N-dealkylation sites (tertiary alicyclic amines) is 1. The van der Waals surface area contributed by atoms with Crippen LogP contribution in [0.4, 0.5) is 15.3 Å². The molecule has 1 aromatic carbocycles. The number of aromatic nitrogens is 5. The average Bonchev–Trinajstić information content (AvgIpc) is 3.61. The van der Waals surface area contributed by atoms with E-state index in [0.717, 1.165) is 28.3 Å². The summed E-state index contributed by atoms with van der Waals surface area (Å²) in [5, 5.41) is 14.0. The number of carbonyl (C=O) groups is 1. The number of anilines is 2. The molecule has 2 aliphatic rings. The van der Waals surface area contributed by atoms with Gasteiger partial charge in [0.05, 0.1) is 5.69 Å². The number of nitrogens with zero attached hydrogens (tertiary/aromatic N) is 8. The molecule has 5 aromatic rings. The van der Waals surface area contributed by atoms with Crippen LogP contribution in [0.5, 0.6) is 0 Å². The van der Waals surface area contributed by atoms with Gasteiger partial charge in [0.2, 0.25) is 5.82 Å². The molecule has 1 amide bonds. The quantitative estimate of drug-likeness (QED) is 0.255. The second-order valence-corrected chi connectivity index (χ2v) is 12.2. The fourth-order valence-electron chi connectivity index (χ4n) is 5.65. The van der Waals surface area contributed by atoms with Crippen molar-refractivity contribution in [3.8, 4) is 28.5 Å². The second-order valence-electron chi connectivity index (χ2n) is 11.2. The summed E-state index contributed by atoms with van der Waals surface area (Å²) in [6.07, 6.45) is 9.76. The first kappa shape index (κ1) is 28.1. The van der Waals surface area contributed by atoms with Crippen molar-refractivity contribution in [2.24, 2.45) is 0 Å². The zero-order valence-corrected chi connectivity index (χ0v) is 25.2. The van der Waals surface area contributed by atoms with Crippen LogP contribution in [0.15, 0.2) is 55.0 Å². The van der Waals surface area contributed by atoms with Crippen molar-refractivity contribution in [2.45, 2.75) is 44.7 Å². The molecule has 0 radical (unpaired) electrons. The van der Waals surface area contributed by atoms with Gasteiger partial charge in [0.15, 0.2) is 5.13 Å². The van der Waals surface area contributed by atoms with Crippen LogP contribution in [-0.2, 0) is 6.42 Å². The first-order chi connectivity index (χ1) is 21.4. The molecule has 5 heterocycles. The molecule has 7 rings (SSSR count). The van der Waals surface area contributed by atoms with E-state index in [1.165, 1.54) is 42.7 Å². The molecule has 1 saturated carbocycles. The number of hydrogen-bond acceptors (Lipinski definition) is 9. The van der Waals surface area contributed by atoms with Gasteiger partial charge in [-0.2, -0.15) is 5.26 Å². The summed E-state index contributed by atoms with van der Waals surface area (Å²) in [7, 11) is 1.90. The molecule has 0 atom stereocenters. The third kappa shape index (κ3) is 5.08. The van der Waals surface area contributed by atoms with Crippen molar-refractivity contribution < 1.29 is 9.18 Å². The number of carbonyl (C=O) groups excluding carboxylic acids is 1. The maximum atomic E-state index is 13.5. The molecule has 10 nitrogen and oxygen atoms in total. The molecule has 1 aliphatic heterocycles. The predicted octanol–water partition coefficient (Wildman–Crippen LogP) is 5.22. The van der Waals surface area contributed by atoms with Crippen molar-refractivity contribution in [1.82, 2.24) is 34.6 Å². The summed E-state index contributed by atoms with van der Waals surface area (Å²) in [4.78, 5) is 35.5. The van der Waals surface area contributed by atoms with E-state index in [2.05, 4.69) is 21.4 Å². The Morgan fingerprint density at radius 1 is 1.07 bits per heavy atom. The van der Waals surface area contributed by atoms with E-state index in [9.17, 15) is 14.4 Å². The maximum absolute atomic E-state index is 13.5. The van der Waals surface area contributed by atoms with Crippen LogP contribution in [0.3, 0.4) is 0 Å². The number of aryl methyl sites for hydroxylation is 1. The van der Waals surface area contributed by atoms with E-state index in [4.69, 9.17) is 9.97 Å². The number of rotatable bonds is 8. The van der Waals surface area contributed by atoms with E-state index >= 15 is 0 Å². The van der Waals surface area contributed by atoms with Crippen LogP contribution in [0, 0.1) is 17.1 Å². The van der Waals surface area contributed by atoms with Gasteiger partial charge in [0, 0.05) is 67.5 Å². The maximum Gasteiger partial charge on any atom is 0.291 e. The lowest BCUT2D eigenvalue weighted by Gasteiger charge is -2.43. The standard InChI is InChI=1S/C32H30FN9OS/c1-3-25-30(40(2)32-39-28(26(13-34)44-32)19-7-10-22(33)11-8-19)42-16-20(9-12-27(42)38-25)21-14-35-29(36-15-21)31(43)41-17-24(18-41)37-23-5-4-6-23/h7-12,14-16,23-24,37H,3-6,17-18H2,1-2H3. The Hall–Kier alpha value is -4.73. The van der Waals surface area contributed by atoms with E-state index in [1.807, 2.05) is 41.6 Å².